The Labute approximate surface area is 74.7 Å². The van der Waals surface area contributed by atoms with Crippen molar-refractivity contribution < 1.29 is 13.0 Å². The first-order chi connectivity index (χ1) is 5.41. The summed E-state index contributed by atoms with van der Waals surface area (Å²) in [5, 5.41) is 0.257. The average molecular weight is 207 g/mol. The Kier molecular flexibility index (Phi) is 2.27. The van der Waals surface area contributed by atoms with Crippen LogP contribution in [0.2, 0.25) is 5.02 Å². The van der Waals surface area contributed by atoms with E-state index in [4.69, 9.17) is 21.9 Å². The summed E-state index contributed by atoms with van der Waals surface area (Å²) in [6, 6.07) is 3.52. The molecule has 1 rings (SSSR count). The van der Waals surface area contributed by atoms with Gasteiger partial charge in [0, 0.05) is 5.02 Å². The van der Waals surface area contributed by atoms with E-state index in [9.17, 15) is 8.42 Å². The molecule has 0 amide bonds. The van der Waals surface area contributed by atoms with Gasteiger partial charge in [-0.25, -0.2) is 0 Å². The second kappa shape index (κ2) is 2.93. The largest absolute Gasteiger partial charge is 0.299 e. The quantitative estimate of drug-likeness (QED) is 0.708. The van der Waals surface area contributed by atoms with Crippen molar-refractivity contribution in [3.63, 3.8) is 0 Å². The molecule has 4 nitrogen and oxygen atoms in total. The molecule has 0 saturated carbocycles. The van der Waals surface area contributed by atoms with Crippen molar-refractivity contribution in [3.05, 3.63) is 23.2 Å². The first kappa shape index (κ1) is 9.31. The number of hydrogen-bond acceptors (Lipinski definition) is 2. The summed E-state index contributed by atoms with van der Waals surface area (Å²) in [5.74, 6) is 0. The molecular formula is C6H5ClNO3S. The normalized spacial score (nSPS) is 11.5. The highest BCUT2D eigenvalue weighted by molar-refractivity contribution is 7.86. The molecule has 0 aliphatic rings. The maximum Gasteiger partial charge on any atom is 0.296 e. The molecule has 1 aromatic rings. The number of halogens is 1. The van der Waals surface area contributed by atoms with Crippen LogP contribution in [0, 0.1) is 0 Å². The van der Waals surface area contributed by atoms with Gasteiger partial charge in [-0.15, -0.1) is 0 Å². The van der Waals surface area contributed by atoms with Crippen molar-refractivity contribution in [2.24, 2.45) is 0 Å². The maximum atomic E-state index is 10.6. The molecular weight excluding hydrogens is 202 g/mol. The van der Waals surface area contributed by atoms with Crippen LogP contribution >= 0.6 is 11.6 Å². The first-order valence-electron chi connectivity index (χ1n) is 2.90. The Hall–Kier alpha value is -0.780. The highest BCUT2D eigenvalue weighted by Crippen LogP contribution is 2.22. The molecule has 0 aliphatic carbocycles. The molecule has 65 valence electrons. The van der Waals surface area contributed by atoms with Crippen LogP contribution < -0.4 is 5.73 Å². The maximum absolute atomic E-state index is 10.6. The van der Waals surface area contributed by atoms with Crippen molar-refractivity contribution in [3.8, 4) is 0 Å². The van der Waals surface area contributed by atoms with Gasteiger partial charge in [-0.1, -0.05) is 11.6 Å². The molecule has 0 saturated heterocycles. The minimum absolute atomic E-state index is 0.257. The van der Waals surface area contributed by atoms with Crippen molar-refractivity contribution in [1.29, 1.82) is 0 Å². The van der Waals surface area contributed by atoms with Crippen LogP contribution in [0.4, 0.5) is 5.69 Å². The minimum atomic E-state index is -4.30. The second-order valence-electron chi connectivity index (χ2n) is 2.12. The van der Waals surface area contributed by atoms with E-state index < -0.39 is 15.0 Å². The highest BCUT2D eigenvalue weighted by Gasteiger charge is 2.13. The first-order valence-corrected chi connectivity index (χ1v) is 4.72. The fourth-order valence-corrected chi connectivity index (χ4v) is 1.48. The summed E-state index contributed by atoms with van der Waals surface area (Å²) in [4.78, 5) is -0.438. The Balaban J connectivity index is 3.39. The predicted octanol–water partition coefficient (Wildman–Crippen LogP) is 1.50. The van der Waals surface area contributed by atoms with Crippen LogP contribution in [-0.4, -0.2) is 13.0 Å². The van der Waals surface area contributed by atoms with Gasteiger partial charge >= 0.3 is 0 Å². The van der Waals surface area contributed by atoms with Gasteiger partial charge in [0.25, 0.3) is 10.1 Å². The van der Waals surface area contributed by atoms with Crippen LogP contribution in [0.3, 0.4) is 0 Å². The summed E-state index contributed by atoms with van der Waals surface area (Å²) >= 11 is 5.47. The molecule has 0 fully saturated rings. The van der Waals surface area contributed by atoms with Crippen molar-refractivity contribution in [2.75, 3.05) is 0 Å². The van der Waals surface area contributed by atoms with E-state index in [0.29, 0.717) is 0 Å². The fraction of sp³-hybridized carbons (Fsp3) is 0. The molecule has 6 heteroatoms. The molecule has 0 spiro atoms. The lowest BCUT2D eigenvalue weighted by Gasteiger charge is -1.99. The number of rotatable bonds is 1. The number of benzene rings is 1. The van der Waals surface area contributed by atoms with Crippen LogP contribution in [0.5, 0.6) is 0 Å². The molecule has 0 aromatic heterocycles. The molecule has 12 heavy (non-hydrogen) atoms. The zero-order chi connectivity index (χ0) is 9.35. The summed E-state index contributed by atoms with van der Waals surface area (Å²) in [6.45, 7) is 0. The van der Waals surface area contributed by atoms with Gasteiger partial charge in [0.2, 0.25) is 0 Å². The number of nitrogens with one attached hydrogen (secondary N) is 1. The molecule has 2 N–H and O–H groups in total. The van der Waals surface area contributed by atoms with Gasteiger partial charge < -0.3 is 0 Å². The number of hydrogen-bond donors (Lipinski definition) is 1. The van der Waals surface area contributed by atoms with Crippen molar-refractivity contribution in [1.82, 2.24) is 5.73 Å². The van der Waals surface area contributed by atoms with Crippen LogP contribution in [-0.2, 0) is 10.1 Å². The third-order valence-electron chi connectivity index (χ3n) is 1.22. The van der Waals surface area contributed by atoms with Gasteiger partial charge in [0.1, 0.15) is 4.90 Å². The summed E-state index contributed by atoms with van der Waals surface area (Å²) < 4.78 is 29.7. The third-order valence-corrected chi connectivity index (χ3v) is 2.37. The standard InChI is InChI=1S/C6H5ClNO3S/c7-4-1-2-6(5(8)3-4)12(9,10)11/h1-3,8H,(H,9,10,11). The molecule has 0 unspecified atom stereocenters. The van der Waals surface area contributed by atoms with E-state index in [1.165, 1.54) is 6.07 Å². The zero-order valence-corrected chi connectivity index (χ0v) is 7.35. The highest BCUT2D eigenvalue weighted by atomic mass is 35.5. The van der Waals surface area contributed by atoms with Crippen LogP contribution in [0.25, 0.3) is 0 Å². The second-order valence-corrected chi connectivity index (χ2v) is 3.94. The Morgan fingerprint density at radius 2 is 2.00 bits per heavy atom. The van der Waals surface area contributed by atoms with E-state index in [1.54, 1.807) is 0 Å². The molecule has 0 heterocycles. The Bertz CT molecular complexity index is 401. The molecule has 0 aliphatic heterocycles. The lowest BCUT2D eigenvalue weighted by molar-refractivity contribution is 0.483. The Morgan fingerprint density at radius 3 is 2.42 bits per heavy atom. The summed E-state index contributed by atoms with van der Waals surface area (Å²) in [7, 11) is -4.30. The zero-order valence-electron chi connectivity index (χ0n) is 5.78. The minimum Gasteiger partial charge on any atom is -0.299 e. The van der Waals surface area contributed by atoms with E-state index in [-0.39, 0.29) is 10.7 Å². The SMILES string of the molecule is [NH]c1cc(Cl)ccc1S(=O)(=O)O. The average Bonchev–Trinajstić information content (AvgIpc) is 1.83. The summed E-state index contributed by atoms with van der Waals surface area (Å²) in [5.41, 5.74) is 6.83. The molecule has 0 bridgehead atoms. The van der Waals surface area contributed by atoms with Crippen LogP contribution in [0.15, 0.2) is 23.1 Å². The van der Waals surface area contributed by atoms with Gasteiger partial charge in [-0.2, -0.15) is 8.42 Å². The molecule has 1 radical (unpaired) electrons. The van der Waals surface area contributed by atoms with Gasteiger partial charge in [0.15, 0.2) is 0 Å². The van der Waals surface area contributed by atoms with E-state index >= 15 is 0 Å². The van der Waals surface area contributed by atoms with E-state index in [0.717, 1.165) is 12.1 Å². The van der Waals surface area contributed by atoms with E-state index in [2.05, 4.69) is 0 Å². The third kappa shape index (κ3) is 1.88. The van der Waals surface area contributed by atoms with Crippen molar-refractivity contribution >= 4 is 27.4 Å². The van der Waals surface area contributed by atoms with Crippen molar-refractivity contribution in [2.45, 2.75) is 4.90 Å². The van der Waals surface area contributed by atoms with Gasteiger partial charge in [0.05, 0.1) is 5.69 Å². The Morgan fingerprint density at radius 1 is 1.42 bits per heavy atom. The van der Waals surface area contributed by atoms with Crippen LogP contribution in [0.1, 0.15) is 0 Å². The van der Waals surface area contributed by atoms with Gasteiger partial charge in [-0.05, 0) is 18.2 Å². The lowest BCUT2D eigenvalue weighted by Crippen LogP contribution is -1.98. The van der Waals surface area contributed by atoms with E-state index in [1.807, 2.05) is 0 Å². The molecule has 0 atom stereocenters. The molecule has 1 aromatic carbocycles. The lowest BCUT2D eigenvalue weighted by atomic mass is 10.3. The smallest absolute Gasteiger partial charge is 0.296 e. The predicted molar refractivity (Wildman–Crippen MR) is 44.0 cm³/mol. The monoisotopic (exact) mass is 206 g/mol. The fourth-order valence-electron chi connectivity index (χ4n) is 0.727. The van der Waals surface area contributed by atoms with Gasteiger partial charge in [-0.3, -0.25) is 10.3 Å². The summed E-state index contributed by atoms with van der Waals surface area (Å²) in [6.07, 6.45) is 0. The topological polar surface area (TPSA) is 78.2 Å².